The van der Waals surface area contributed by atoms with Crippen molar-refractivity contribution in [1.82, 2.24) is 20.0 Å². The number of nitrogens with zero attached hydrogens (tertiary/aromatic N) is 3. The van der Waals surface area contributed by atoms with E-state index >= 15 is 0 Å². The zero-order valence-electron chi connectivity index (χ0n) is 27.4. The molecule has 0 bridgehead atoms. The van der Waals surface area contributed by atoms with Crippen molar-refractivity contribution in [3.63, 3.8) is 0 Å². The fourth-order valence-electron chi connectivity index (χ4n) is 5.18. The first-order valence-electron chi connectivity index (χ1n) is 14.9. The van der Waals surface area contributed by atoms with Gasteiger partial charge >= 0.3 is 35.8 Å². The van der Waals surface area contributed by atoms with Crippen LogP contribution < -0.4 is 5.32 Å². The topological polar surface area (TPSA) is 180 Å². The van der Waals surface area contributed by atoms with E-state index in [1.165, 1.54) is 42.7 Å². The van der Waals surface area contributed by atoms with E-state index in [1.807, 2.05) is 14.7 Å². The fraction of sp³-hybridized carbons (Fsp3) is 0.793. The van der Waals surface area contributed by atoms with Crippen LogP contribution in [0.4, 0.5) is 0 Å². The van der Waals surface area contributed by atoms with Crippen LogP contribution in [0.15, 0.2) is 0 Å². The molecule has 1 saturated heterocycles. The van der Waals surface area contributed by atoms with Crippen molar-refractivity contribution in [3.05, 3.63) is 0 Å². The lowest BCUT2D eigenvalue weighted by atomic mass is 10.1. The van der Waals surface area contributed by atoms with Crippen molar-refractivity contribution in [2.75, 3.05) is 95.0 Å². The second-order valence-corrected chi connectivity index (χ2v) is 10.3. The summed E-state index contributed by atoms with van der Waals surface area (Å²) in [4.78, 5) is 80.2. The van der Waals surface area contributed by atoms with Gasteiger partial charge in [0.15, 0.2) is 0 Å². The quantitative estimate of drug-likeness (QED) is 0.169. The lowest BCUT2D eigenvalue weighted by Crippen LogP contribution is -2.54. The Morgan fingerprint density at radius 2 is 0.733 bits per heavy atom. The van der Waals surface area contributed by atoms with E-state index in [-0.39, 0.29) is 64.7 Å². The van der Waals surface area contributed by atoms with E-state index < -0.39 is 53.9 Å². The highest BCUT2D eigenvalue weighted by atomic mass is 16.5. The summed E-state index contributed by atoms with van der Waals surface area (Å²) in [6, 6.07) is -2.37. The summed E-state index contributed by atoms with van der Waals surface area (Å²) < 4.78 is 29.5. The zero-order chi connectivity index (χ0) is 33.8. The maximum Gasteiger partial charge on any atom is 0.323 e. The molecule has 0 amide bonds. The van der Waals surface area contributed by atoms with E-state index in [2.05, 4.69) is 5.32 Å². The molecular formula is C29H50N4O12. The van der Waals surface area contributed by atoms with Crippen molar-refractivity contribution in [1.29, 1.82) is 0 Å². The Balaban J connectivity index is 3.43. The van der Waals surface area contributed by atoms with Crippen LogP contribution in [0.1, 0.15) is 38.5 Å². The Morgan fingerprint density at radius 1 is 0.467 bits per heavy atom. The summed E-state index contributed by atoms with van der Waals surface area (Å²) in [5.41, 5.74) is 0. The third kappa shape index (κ3) is 14.1. The molecule has 2 unspecified atom stereocenters. The predicted molar refractivity (Wildman–Crippen MR) is 159 cm³/mol. The average Bonchev–Trinajstić information content (AvgIpc) is 3.05. The van der Waals surface area contributed by atoms with Gasteiger partial charge in [-0.3, -0.25) is 43.5 Å². The minimum atomic E-state index is -0.850. The average molecular weight is 647 g/mol. The molecule has 258 valence electrons. The Kier molecular flexibility index (Phi) is 19.6. The van der Waals surface area contributed by atoms with Gasteiger partial charge in [-0.15, -0.1) is 0 Å². The van der Waals surface area contributed by atoms with Crippen LogP contribution in [-0.2, 0) is 57.2 Å². The normalized spacial score (nSPS) is 17.7. The van der Waals surface area contributed by atoms with E-state index in [0.29, 0.717) is 26.2 Å². The number of methoxy groups -OCH3 is 6. The number of ether oxygens (including phenoxy) is 6. The number of nitrogens with one attached hydrogen (secondary N) is 1. The zero-order valence-corrected chi connectivity index (χ0v) is 27.4. The Labute approximate surface area is 264 Å². The number of rotatable bonds is 15. The van der Waals surface area contributed by atoms with Crippen LogP contribution in [0.3, 0.4) is 0 Å². The standard InChI is InChI=1S/C29H50N4O12/c1-40-24(34)10-7-21(27(37)43-4)31-15-13-30-14-16-32(22(28(38)44-5)8-11-25(35)41-2)18-20-33(19-17-31)23(29(39)45-6)9-12-26(36)42-3/h21-23,30H,7-20H2,1-6H3/t21-,22?,23?/m1/s1. The molecule has 3 atom stereocenters. The van der Waals surface area contributed by atoms with Gasteiger partial charge in [0.2, 0.25) is 0 Å². The first-order chi connectivity index (χ1) is 21.6. The molecule has 1 heterocycles. The number of carbonyl (C=O) groups is 6. The molecule has 0 saturated carbocycles. The van der Waals surface area contributed by atoms with Gasteiger partial charge in [-0.05, 0) is 19.3 Å². The minimum absolute atomic E-state index is 0.00325. The van der Waals surface area contributed by atoms with Crippen LogP contribution in [0.2, 0.25) is 0 Å². The molecule has 0 aliphatic carbocycles. The number of hydrogen-bond acceptors (Lipinski definition) is 16. The van der Waals surface area contributed by atoms with Crippen molar-refractivity contribution in [3.8, 4) is 0 Å². The monoisotopic (exact) mass is 646 g/mol. The van der Waals surface area contributed by atoms with E-state index in [9.17, 15) is 28.8 Å². The van der Waals surface area contributed by atoms with Crippen LogP contribution in [0.25, 0.3) is 0 Å². The van der Waals surface area contributed by atoms with Crippen LogP contribution >= 0.6 is 0 Å². The molecule has 0 aromatic heterocycles. The molecule has 45 heavy (non-hydrogen) atoms. The first-order valence-corrected chi connectivity index (χ1v) is 14.9. The third-order valence-electron chi connectivity index (χ3n) is 7.79. The predicted octanol–water partition coefficient (Wildman–Crippen LogP) is -1.02. The molecule has 1 N–H and O–H groups in total. The molecule has 0 radical (unpaired) electrons. The van der Waals surface area contributed by atoms with Gasteiger partial charge < -0.3 is 33.7 Å². The van der Waals surface area contributed by atoms with Crippen molar-refractivity contribution < 1.29 is 57.2 Å². The van der Waals surface area contributed by atoms with E-state index in [4.69, 9.17) is 28.4 Å². The highest BCUT2D eigenvalue weighted by Gasteiger charge is 2.34. The number of esters is 6. The van der Waals surface area contributed by atoms with Gasteiger partial charge in [0, 0.05) is 71.6 Å². The molecular weight excluding hydrogens is 596 g/mol. The molecule has 1 aliphatic rings. The van der Waals surface area contributed by atoms with Gasteiger partial charge in [0.05, 0.1) is 42.7 Å². The molecule has 0 aromatic carbocycles. The Hall–Kier alpha value is -3.34. The van der Waals surface area contributed by atoms with Gasteiger partial charge in [0.1, 0.15) is 18.1 Å². The molecule has 0 aromatic rings. The Morgan fingerprint density at radius 3 is 0.978 bits per heavy atom. The van der Waals surface area contributed by atoms with Crippen molar-refractivity contribution >= 4 is 35.8 Å². The van der Waals surface area contributed by atoms with Gasteiger partial charge in [-0.1, -0.05) is 0 Å². The molecule has 16 nitrogen and oxygen atoms in total. The molecule has 16 heteroatoms. The largest absolute Gasteiger partial charge is 0.469 e. The summed E-state index contributed by atoms with van der Waals surface area (Å²) in [5, 5.41) is 3.33. The minimum Gasteiger partial charge on any atom is -0.469 e. The second kappa shape index (κ2) is 22.2. The SMILES string of the molecule is COC(=O)CCC(C(=O)OC)N1CCNCCN([C@H](CCC(=O)OC)C(=O)OC)CCN(C(CCC(=O)OC)C(=O)OC)CC1. The molecule has 0 spiro atoms. The van der Waals surface area contributed by atoms with Gasteiger partial charge in [-0.2, -0.15) is 0 Å². The summed E-state index contributed by atoms with van der Waals surface area (Å²) >= 11 is 0. The highest BCUT2D eigenvalue weighted by Crippen LogP contribution is 2.16. The fourth-order valence-corrected chi connectivity index (χ4v) is 5.18. The number of hydrogen-bond donors (Lipinski definition) is 1. The smallest absolute Gasteiger partial charge is 0.323 e. The molecule has 1 fully saturated rings. The molecule has 1 aliphatic heterocycles. The number of carbonyl (C=O) groups excluding carboxylic acids is 6. The second-order valence-electron chi connectivity index (χ2n) is 10.3. The van der Waals surface area contributed by atoms with Crippen LogP contribution in [0.5, 0.6) is 0 Å². The van der Waals surface area contributed by atoms with Gasteiger partial charge in [-0.25, -0.2) is 0 Å². The summed E-state index contributed by atoms with van der Waals surface area (Å²) in [7, 11) is 7.63. The maximum absolute atomic E-state index is 13.0. The lowest BCUT2D eigenvalue weighted by Gasteiger charge is -2.37. The van der Waals surface area contributed by atoms with E-state index in [0.717, 1.165) is 0 Å². The van der Waals surface area contributed by atoms with Gasteiger partial charge in [0.25, 0.3) is 0 Å². The van der Waals surface area contributed by atoms with Crippen LogP contribution in [-0.4, -0.2) is 164 Å². The Bertz CT molecular complexity index is 912. The summed E-state index contributed by atoms with van der Waals surface area (Å²) in [6.45, 7) is 2.78. The lowest BCUT2D eigenvalue weighted by molar-refractivity contribution is -0.152. The third-order valence-corrected chi connectivity index (χ3v) is 7.79. The first kappa shape index (κ1) is 39.7. The van der Waals surface area contributed by atoms with Crippen LogP contribution in [0, 0.1) is 0 Å². The molecule has 1 rings (SSSR count). The summed E-state index contributed by atoms with van der Waals surface area (Å²) in [5.74, 6) is -2.99. The maximum atomic E-state index is 13.0. The van der Waals surface area contributed by atoms with E-state index in [1.54, 1.807) is 0 Å². The van der Waals surface area contributed by atoms with Crippen molar-refractivity contribution in [2.24, 2.45) is 0 Å². The highest BCUT2D eigenvalue weighted by molar-refractivity contribution is 5.78. The summed E-state index contributed by atoms with van der Waals surface area (Å²) in [6.07, 6.45) is 0.394. The van der Waals surface area contributed by atoms with Crippen molar-refractivity contribution in [2.45, 2.75) is 56.7 Å².